The van der Waals surface area contributed by atoms with Crippen LogP contribution >= 0.6 is 0 Å². The molecule has 142 valence electrons. The van der Waals surface area contributed by atoms with Gasteiger partial charge in [0.05, 0.1) is 17.5 Å². The lowest BCUT2D eigenvalue weighted by atomic mass is 10.3. The van der Waals surface area contributed by atoms with Crippen LogP contribution in [0.2, 0.25) is 0 Å². The van der Waals surface area contributed by atoms with Gasteiger partial charge < -0.3 is 10.4 Å². The molecule has 1 unspecified atom stereocenters. The minimum atomic E-state index is -3.89. The maximum absolute atomic E-state index is 13.1. The van der Waals surface area contributed by atoms with E-state index in [4.69, 9.17) is 0 Å². The Morgan fingerprint density at radius 1 is 1.15 bits per heavy atom. The molecule has 0 saturated heterocycles. The number of hydrogen-bond donors (Lipinski definition) is 3. The lowest BCUT2D eigenvalue weighted by Crippen LogP contribution is -2.41. The van der Waals surface area contributed by atoms with E-state index in [2.05, 4.69) is 20.5 Å². The molecule has 1 atom stereocenters. The van der Waals surface area contributed by atoms with Gasteiger partial charge in [0.2, 0.25) is 0 Å². The van der Waals surface area contributed by atoms with Crippen molar-refractivity contribution in [2.24, 2.45) is 0 Å². The third kappa shape index (κ3) is 4.09. The average molecular weight is 387 g/mol. The zero-order valence-electron chi connectivity index (χ0n) is 15.0. The number of aromatic nitrogens is 3. The Hall–Kier alpha value is -2.91. The van der Waals surface area contributed by atoms with Gasteiger partial charge in [0.25, 0.3) is 10.0 Å². The standard InChI is InChI=1S/C18H21N5O3S/c1-13-11-17(22-21-13)19-16-9-6-10-18(20-16)23(14(2)12-24)27(25,26)15-7-4-3-5-8-15/h3-11,14,24H,12H2,1-2H3,(H2,19,20,21,22). The van der Waals surface area contributed by atoms with Crippen LogP contribution in [0.3, 0.4) is 0 Å². The van der Waals surface area contributed by atoms with Crippen LogP contribution in [0.25, 0.3) is 0 Å². The number of aliphatic hydroxyl groups excluding tert-OH is 1. The predicted octanol–water partition coefficient (Wildman–Crippen LogP) is 2.43. The molecule has 1 aromatic carbocycles. The van der Waals surface area contributed by atoms with Crippen LogP contribution < -0.4 is 9.62 Å². The van der Waals surface area contributed by atoms with Gasteiger partial charge in [-0.05, 0) is 38.1 Å². The number of sulfonamides is 1. The zero-order valence-corrected chi connectivity index (χ0v) is 15.8. The Morgan fingerprint density at radius 2 is 1.89 bits per heavy atom. The van der Waals surface area contributed by atoms with Gasteiger partial charge in [-0.25, -0.2) is 17.7 Å². The van der Waals surface area contributed by atoms with Gasteiger partial charge in [-0.2, -0.15) is 5.10 Å². The number of H-pyrrole nitrogens is 1. The summed E-state index contributed by atoms with van der Waals surface area (Å²) >= 11 is 0. The number of aliphatic hydroxyl groups is 1. The molecule has 0 aliphatic rings. The summed E-state index contributed by atoms with van der Waals surface area (Å²) in [5.74, 6) is 1.22. The minimum absolute atomic E-state index is 0.133. The van der Waals surface area contributed by atoms with Crippen molar-refractivity contribution in [3.63, 3.8) is 0 Å². The maximum atomic E-state index is 13.1. The summed E-state index contributed by atoms with van der Waals surface area (Å²) in [4.78, 5) is 4.54. The van der Waals surface area contributed by atoms with Crippen molar-refractivity contribution in [1.29, 1.82) is 0 Å². The quantitative estimate of drug-likeness (QED) is 0.574. The highest BCUT2D eigenvalue weighted by molar-refractivity contribution is 7.92. The molecule has 0 spiro atoms. The van der Waals surface area contributed by atoms with E-state index >= 15 is 0 Å². The van der Waals surface area contributed by atoms with Gasteiger partial charge in [0.1, 0.15) is 11.6 Å². The first-order chi connectivity index (χ1) is 12.9. The predicted molar refractivity (Wildman–Crippen MR) is 103 cm³/mol. The van der Waals surface area contributed by atoms with E-state index in [1.165, 1.54) is 12.1 Å². The highest BCUT2D eigenvalue weighted by atomic mass is 32.2. The normalized spacial score (nSPS) is 12.6. The fourth-order valence-electron chi connectivity index (χ4n) is 2.59. The Bertz CT molecular complexity index is 1000. The van der Waals surface area contributed by atoms with Gasteiger partial charge in [-0.15, -0.1) is 0 Å². The number of aromatic amines is 1. The van der Waals surface area contributed by atoms with E-state index in [0.29, 0.717) is 11.6 Å². The van der Waals surface area contributed by atoms with Crippen LogP contribution in [0, 0.1) is 6.92 Å². The SMILES string of the molecule is Cc1cc(Nc2cccc(N(C(C)CO)S(=O)(=O)c3ccccc3)n2)n[nH]1. The Labute approximate surface area is 157 Å². The molecule has 8 nitrogen and oxygen atoms in total. The van der Waals surface area contributed by atoms with E-state index in [1.807, 2.05) is 13.0 Å². The summed E-state index contributed by atoms with van der Waals surface area (Å²) in [7, 11) is -3.89. The highest BCUT2D eigenvalue weighted by Crippen LogP contribution is 2.26. The van der Waals surface area contributed by atoms with Crippen LogP contribution in [-0.2, 0) is 10.0 Å². The van der Waals surface area contributed by atoms with E-state index in [1.54, 1.807) is 43.3 Å². The molecule has 2 heterocycles. The fraction of sp³-hybridized carbons (Fsp3) is 0.222. The number of rotatable bonds is 7. The third-order valence-electron chi connectivity index (χ3n) is 3.89. The number of aryl methyl sites for hydroxylation is 1. The topological polar surface area (TPSA) is 111 Å². The second-order valence-electron chi connectivity index (χ2n) is 6.09. The smallest absolute Gasteiger partial charge is 0.265 e. The molecule has 0 fully saturated rings. The molecule has 0 bridgehead atoms. The van der Waals surface area contributed by atoms with Gasteiger partial charge in [0.15, 0.2) is 5.82 Å². The number of nitrogens with zero attached hydrogens (tertiary/aromatic N) is 3. The molecule has 0 amide bonds. The lowest BCUT2D eigenvalue weighted by molar-refractivity contribution is 0.274. The first kappa shape index (κ1) is 18.9. The molecule has 0 aliphatic heterocycles. The van der Waals surface area contributed by atoms with Crippen molar-refractivity contribution in [2.75, 3.05) is 16.2 Å². The summed E-state index contributed by atoms with van der Waals surface area (Å²) in [6.45, 7) is 3.16. The van der Waals surface area contributed by atoms with Crippen molar-refractivity contribution in [3.8, 4) is 0 Å². The molecule has 3 aromatic rings. The summed E-state index contributed by atoms with van der Waals surface area (Å²) in [6.07, 6.45) is 0. The Kier molecular flexibility index (Phi) is 5.43. The van der Waals surface area contributed by atoms with Gasteiger partial charge in [0, 0.05) is 11.8 Å². The van der Waals surface area contributed by atoms with E-state index in [-0.39, 0.29) is 17.3 Å². The van der Waals surface area contributed by atoms with Gasteiger partial charge >= 0.3 is 0 Å². The number of pyridine rings is 1. The van der Waals surface area contributed by atoms with Crippen LogP contribution in [-0.4, -0.2) is 41.4 Å². The monoisotopic (exact) mass is 387 g/mol. The molecule has 27 heavy (non-hydrogen) atoms. The van der Waals surface area contributed by atoms with Crippen molar-refractivity contribution in [2.45, 2.75) is 24.8 Å². The van der Waals surface area contributed by atoms with Crippen LogP contribution in [0.5, 0.6) is 0 Å². The second kappa shape index (κ2) is 7.77. The first-order valence-corrected chi connectivity index (χ1v) is 9.82. The molecular weight excluding hydrogens is 366 g/mol. The van der Waals surface area contributed by atoms with Gasteiger partial charge in [-0.1, -0.05) is 24.3 Å². The second-order valence-corrected chi connectivity index (χ2v) is 7.90. The van der Waals surface area contributed by atoms with E-state index < -0.39 is 16.1 Å². The van der Waals surface area contributed by atoms with E-state index in [9.17, 15) is 13.5 Å². The molecule has 0 aliphatic carbocycles. The average Bonchev–Trinajstić information content (AvgIpc) is 3.07. The molecule has 0 saturated carbocycles. The number of hydrogen-bond acceptors (Lipinski definition) is 6. The molecule has 2 aromatic heterocycles. The highest BCUT2D eigenvalue weighted by Gasteiger charge is 2.30. The summed E-state index contributed by atoms with van der Waals surface area (Å²) in [5.41, 5.74) is 0.885. The number of anilines is 3. The minimum Gasteiger partial charge on any atom is -0.394 e. The van der Waals surface area contributed by atoms with E-state index in [0.717, 1.165) is 10.00 Å². The van der Waals surface area contributed by atoms with Gasteiger partial charge in [-0.3, -0.25) is 5.10 Å². The largest absolute Gasteiger partial charge is 0.394 e. The van der Waals surface area contributed by atoms with Crippen LogP contribution in [0.15, 0.2) is 59.5 Å². The van der Waals surface area contributed by atoms with Crippen LogP contribution in [0.1, 0.15) is 12.6 Å². The molecule has 9 heteroatoms. The third-order valence-corrected chi connectivity index (χ3v) is 5.82. The summed E-state index contributed by atoms with van der Waals surface area (Å²) < 4.78 is 27.4. The molecule has 3 rings (SSSR count). The molecule has 3 N–H and O–H groups in total. The molecule has 0 radical (unpaired) electrons. The maximum Gasteiger partial charge on any atom is 0.265 e. The lowest BCUT2D eigenvalue weighted by Gasteiger charge is -2.28. The molecular formula is C18H21N5O3S. The Morgan fingerprint density at radius 3 is 2.52 bits per heavy atom. The first-order valence-electron chi connectivity index (χ1n) is 8.38. The number of nitrogens with one attached hydrogen (secondary N) is 2. The Balaban J connectivity index is 2.00. The van der Waals surface area contributed by atoms with Crippen LogP contribution in [0.4, 0.5) is 17.5 Å². The fourth-order valence-corrected chi connectivity index (χ4v) is 4.21. The number of benzene rings is 1. The van der Waals surface area contributed by atoms with Crippen molar-refractivity contribution in [1.82, 2.24) is 15.2 Å². The summed E-state index contributed by atoms with van der Waals surface area (Å²) in [5, 5.41) is 19.6. The van der Waals surface area contributed by atoms with Crippen molar-refractivity contribution in [3.05, 3.63) is 60.3 Å². The zero-order chi connectivity index (χ0) is 19.4. The van der Waals surface area contributed by atoms with Crippen molar-refractivity contribution < 1.29 is 13.5 Å². The van der Waals surface area contributed by atoms with Crippen molar-refractivity contribution >= 4 is 27.5 Å². The summed E-state index contributed by atoms with van der Waals surface area (Å²) in [6, 6.07) is 14.2.